The molecule has 4 aliphatic carbocycles. The predicted molar refractivity (Wildman–Crippen MR) is 222 cm³/mol. The Morgan fingerprint density at radius 1 is 0.746 bits per heavy atom. The van der Waals surface area contributed by atoms with Gasteiger partial charge in [0, 0.05) is 68.1 Å². The van der Waals surface area contributed by atoms with Crippen LogP contribution in [0.5, 0.6) is 17.2 Å². The fourth-order valence-electron chi connectivity index (χ4n) is 11.9. The van der Waals surface area contributed by atoms with E-state index < -0.39 is 11.8 Å². The first kappa shape index (κ1) is 38.0. The number of fused-ring (bicyclic) bond motifs is 3. The summed E-state index contributed by atoms with van der Waals surface area (Å²) in [6.07, 6.45) is 7.77. The van der Waals surface area contributed by atoms with Crippen molar-refractivity contribution in [3.05, 3.63) is 118 Å². The van der Waals surface area contributed by atoms with Gasteiger partial charge in [0.25, 0.3) is 0 Å². The van der Waals surface area contributed by atoms with Gasteiger partial charge in [-0.3, -0.25) is 24.6 Å². The monoisotopic (exact) mass is 797 g/mol. The number of carbonyl (C=O) groups is 3. The molecule has 10 rings (SSSR count). The number of ketones is 1. The van der Waals surface area contributed by atoms with E-state index in [0.717, 1.165) is 74.4 Å². The number of piperidine rings is 1. The predicted octanol–water partition coefficient (Wildman–Crippen LogP) is 7.57. The summed E-state index contributed by atoms with van der Waals surface area (Å²) in [5.74, 6) is 1.59. The number of nitrogens with zero attached hydrogens (tertiary/aromatic N) is 2. The number of aromatic hydroxyl groups is 1. The number of benzene rings is 4. The number of Topliss-reactive ketones (excluding diaryl/α,β-unsaturated/α-hetero) is 1. The van der Waals surface area contributed by atoms with E-state index in [-0.39, 0.29) is 47.8 Å². The van der Waals surface area contributed by atoms with E-state index in [1.807, 2.05) is 24.3 Å². The molecule has 2 N–H and O–H groups in total. The first-order valence-corrected chi connectivity index (χ1v) is 21.6. The molecular weight excluding hydrogens is 746 g/mol. The zero-order chi connectivity index (χ0) is 40.4. The third-order valence-electron chi connectivity index (χ3n) is 14.8. The maximum absolute atomic E-state index is 13.9. The second-order valence-corrected chi connectivity index (χ2v) is 17.9. The molecule has 306 valence electrons. The van der Waals surface area contributed by atoms with Crippen molar-refractivity contribution in [3.63, 3.8) is 0 Å². The number of methoxy groups -OCH3 is 1. The van der Waals surface area contributed by atoms with Crippen LogP contribution in [0.2, 0.25) is 0 Å². The highest BCUT2D eigenvalue weighted by molar-refractivity contribution is 6.09. The molecule has 2 saturated carbocycles. The lowest BCUT2D eigenvalue weighted by Crippen LogP contribution is -2.50. The fourth-order valence-corrected chi connectivity index (χ4v) is 11.9. The number of ether oxygens (including phenoxy) is 2. The minimum Gasteiger partial charge on any atom is -0.508 e. The van der Waals surface area contributed by atoms with Gasteiger partial charge in [0.2, 0.25) is 11.8 Å². The molecule has 9 nitrogen and oxygen atoms in total. The van der Waals surface area contributed by atoms with Crippen molar-refractivity contribution in [2.45, 2.75) is 81.8 Å². The van der Waals surface area contributed by atoms with E-state index in [1.54, 1.807) is 25.3 Å². The van der Waals surface area contributed by atoms with Crippen LogP contribution in [0.25, 0.3) is 0 Å². The normalized spacial score (nSPS) is 29.2. The van der Waals surface area contributed by atoms with Gasteiger partial charge < -0.3 is 19.5 Å². The van der Waals surface area contributed by atoms with Crippen molar-refractivity contribution in [1.82, 2.24) is 10.2 Å². The largest absolute Gasteiger partial charge is 0.508 e. The van der Waals surface area contributed by atoms with Crippen LogP contribution in [0.3, 0.4) is 0 Å². The Morgan fingerprint density at radius 2 is 1.46 bits per heavy atom. The minimum atomic E-state index is -0.489. The molecule has 4 unspecified atom stereocenters. The molecule has 0 bridgehead atoms. The molecule has 0 aromatic heterocycles. The van der Waals surface area contributed by atoms with Gasteiger partial charge >= 0.3 is 0 Å². The number of amides is 2. The SMILES string of the molecule is COc1cc(N2CCN(C3CC4CC(Oc5ccc([C@@H]6c7ccc(O)cc7CC[C@@H]6c6ccc(F)cc6)cc5)CC4C3)CC2)cc2c1C(=O)C(C1CCC(=O)NC1=O)C2. The Hall–Kier alpha value is -5.22. The Labute approximate surface area is 344 Å². The minimum absolute atomic E-state index is 0.0537. The topological polar surface area (TPSA) is 108 Å². The van der Waals surface area contributed by atoms with E-state index in [9.17, 15) is 23.9 Å². The average molecular weight is 798 g/mol. The van der Waals surface area contributed by atoms with Gasteiger partial charge in [-0.05, 0) is 139 Å². The Morgan fingerprint density at radius 3 is 2.17 bits per heavy atom. The van der Waals surface area contributed by atoms with Crippen LogP contribution < -0.4 is 19.7 Å². The first-order valence-electron chi connectivity index (χ1n) is 21.6. The molecule has 2 heterocycles. The number of hydrogen-bond acceptors (Lipinski definition) is 8. The lowest BCUT2D eigenvalue weighted by atomic mass is 9.69. The van der Waals surface area contributed by atoms with Gasteiger partial charge in [0.1, 0.15) is 23.1 Å². The third-order valence-corrected chi connectivity index (χ3v) is 14.8. The van der Waals surface area contributed by atoms with Gasteiger partial charge in [-0.15, -0.1) is 0 Å². The average Bonchev–Trinajstić information content (AvgIpc) is 3.92. The van der Waals surface area contributed by atoms with Gasteiger partial charge in [0.15, 0.2) is 5.78 Å². The second-order valence-electron chi connectivity index (χ2n) is 17.9. The molecule has 2 aliphatic heterocycles. The van der Waals surface area contributed by atoms with Crippen molar-refractivity contribution in [2.24, 2.45) is 23.7 Å². The number of aryl methyl sites for hydroxylation is 1. The van der Waals surface area contributed by atoms with Gasteiger partial charge in [0.05, 0.1) is 18.8 Å². The summed E-state index contributed by atoms with van der Waals surface area (Å²) in [5.41, 5.74) is 7.32. The quantitative estimate of drug-likeness (QED) is 0.176. The van der Waals surface area contributed by atoms with Gasteiger partial charge in [-0.25, -0.2) is 4.39 Å². The standard InChI is InChI=1S/C49H52FN3O6/c1-58-44-27-36(22-33-26-43(48(56)47(33)44)42-14-15-45(55)51-49(42)57)53-18-16-52(17-19-53)35-20-31-24-39(25-32(31)21-35)59-38-10-4-29(5-11-38)46-40(28-2-7-34(50)8-3-28)12-6-30-23-37(54)9-13-41(30)46/h2-5,7-11,13,22-23,27,31-32,35,39-40,42-43,46,54H,6,12,14-21,24-26H2,1H3,(H,51,55,57)/t31?,32?,35?,39?,40-,42?,43?,46+/m1/s1. The van der Waals surface area contributed by atoms with Gasteiger partial charge in [-0.1, -0.05) is 30.3 Å². The van der Waals surface area contributed by atoms with Crippen molar-refractivity contribution in [2.75, 3.05) is 38.2 Å². The van der Waals surface area contributed by atoms with E-state index in [0.29, 0.717) is 47.8 Å². The summed E-state index contributed by atoms with van der Waals surface area (Å²) in [7, 11) is 1.60. The van der Waals surface area contributed by atoms with Crippen LogP contribution in [0, 0.1) is 29.5 Å². The van der Waals surface area contributed by atoms with E-state index in [2.05, 4.69) is 51.5 Å². The maximum atomic E-state index is 13.9. The molecule has 0 radical (unpaired) electrons. The summed E-state index contributed by atoms with van der Waals surface area (Å²) in [6.45, 7) is 3.78. The molecular formula is C49H52FN3O6. The second kappa shape index (κ2) is 15.4. The van der Waals surface area contributed by atoms with E-state index in [4.69, 9.17) is 9.47 Å². The number of phenolic OH excluding ortho intramolecular Hbond substituents is 1. The molecule has 0 spiro atoms. The highest BCUT2D eigenvalue weighted by atomic mass is 19.1. The number of imide groups is 1. The number of nitrogens with one attached hydrogen (secondary N) is 1. The van der Waals surface area contributed by atoms with E-state index in [1.165, 1.54) is 29.5 Å². The number of piperazine rings is 1. The van der Waals surface area contributed by atoms with Crippen molar-refractivity contribution < 1.29 is 33.4 Å². The maximum Gasteiger partial charge on any atom is 0.230 e. The number of anilines is 1. The highest BCUT2D eigenvalue weighted by Gasteiger charge is 2.46. The zero-order valence-corrected chi connectivity index (χ0v) is 33.6. The number of hydrogen-bond donors (Lipinski definition) is 2. The smallest absolute Gasteiger partial charge is 0.230 e. The summed E-state index contributed by atoms with van der Waals surface area (Å²) >= 11 is 0. The number of halogens is 1. The number of phenols is 1. The Balaban J connectivity index is 0.743. The summed E-state index contributed by atoms with van der Waals surface area (Å²) in [5, 5.41) is 12.6. The molecule has 10 heteroatoms. The molecule has 59 heavy (non-hydrogen) atoms. The summed E-state index contributed by atoms with van der Waals surface area (Å²) in [6, 6.07) is 26.0. The number of rotatable bonds is 8. The van der Waals surface area contributed by atoms with E-state index >= 15 is 0 Å². The van der Waals surface area contributed by atoms with Crippen LogP contribution in [-0.2, 0) is 22.4 Å². The van der Waals surface area contributed by atoms with Gasteiger partial charge in [-0.2, -0.15) is 0 Å². The lowest BCUT2D eigenvalue weighted by Gasteiger charge is -2.39. The molecule has 6 atom stereocenters. The van der Waals surface area contributed by atoms with Crippen LogP contribution in [0.1, 0.15) is 95.0 Å². The first-order chi connectivity index (χ1) is 28.7. The molecule has 4 aromatic carbocycles. The van der Waals surface area contributed by atoms with Crippen molar-refractivity contribution >= 4 is 23.3 Å². The molecule has 2 amide bonds. The van der Waals surface area contributed by atoms with Crippen LogP contribution in [-0.4, -0.2) is 73.0 Å². The van der Waals surface area contributed by atoms with Crippen LogP contribution in [0.4, 0.5) is 10.1 Å². The molecule has 4 aromatic rings. The zero-order valence-electron chi connectivity index (χ0n) is 33.6. The third kappa shape index (κ3) is 7.17. The molecule has 2 saturated heterocycles. The molecule has 6 aliphatic rings. The molecule has 4 fully saturated rings. The van der Waals surface area contributed by atoms with Crippen molar-refractivity contribution in [1.29, 1.82) is 0 Å². The lowest BCUT2D eigenvalue weighted by molar-refractivity contribution is -0.137. The summed E-state index contributed by atoms with van der Waals surface area (Å²) in [4.78, 5) is 43.0. The van der Waals surface area contributed by atoms with Crippen LogP contribution >= 0.6 is 0 Å². The fraction of sp³-hybridized carbons (Fsp3) is 0.449. The Bertz CT molecular complexity index is 2260. The highest BCUT2D eigenvalue weighted by Crippen LogP contribution is 2.49. The van der Waals surface area contributed by atoms with Crippen molar-refractivity contribution in [3.8, 4) is 17.2 Å². The Kier molecular flexibility index (Phi) is 9.94. The van der Waals surface area contributed by atoms with Crippen LogP contribution in [0.15, 0.2) is 78.9 Å². The summed E-state index contributed by atoms with van der Waals surface area (Å²) < 4.78 is 26.3. The number of carbonyl (C=O) groups excluding carboxylic acids is 3.